The van der Waals surface area contributed by atoms with E-state index in [0.717, 1.165) is 11.1 Å². The van der Waals surface area contributed by atoms with E-state index in [9.17, 15) is 4.79 Å². The van der Waals surface area contributed by atoms with Crippen molar-refractivity contribution < 1.29 is 14.3 Å². The molecule has 0 radical (unpaired) electrons. The lowest BCUT2D eigenvalue weighted by Crippen LogP contribution is -2.37. The van der Waals surface area contributed by atoms with Crippen molar-refractivity contribution in [1.29, 1.82) is 0 Å². The highest BCUT2D eigenvalue weighted by Crippen LogP contribution is 2.33. The summed E-state index contributed by atoms with van der Waals surface area (Å²) < 4.78 is 11.5. The molecule has 0 saturated carbocycles. The van der Waals surface area contributed by atoms with Crippen molar-refractivity contribution in [2.24, 2.45) is 0 Å². The fourth-order valence-electron chi connectivity index (χ4n) is 3.80. The molecule has 2 unspecified atom stereocenters. The molecule has 2 atom stereocenters. The molecular formula is C27H24Cl4N2O3. The van der Waals surface area contributed by atoms with Crippen molar-refractivity contribution in [2.75, 3.05) is 20.3 Å². The van der Waals surface area contributed by atoms with Crippen LogP contribution in [0.4, 0.5) is 0 Å². The minimum absolute atomic E-state index is 0.0191. The van der Waals surface area contributed by atoms with Gasteiger partial charge in [0.2, 0.25) is 0 Å². The van der Waals surface area contributed by atoms with Gasteiger partial charge in [-0.05, 0) is 47.5 Å². The Morgan fingerprint density at radius 2 is 1.72 bits per heavy atom. The van der Waals surface area contributed by atoms with E-state index in [2.05, 4.69) is 0 Å². The molecule has 0 aliphatic carbocycles. The second kappa shape index (κ2) is 12.2. The van der Waals surface area contributed by atoms with Crippen LogP contribution in [0.3, 0.4) is 0 Å². The molecule has 36 heavy (non-hydrogen) atoms. The number of hydrogen-bond donors (Lipinski definition) is 0. The summed E-state index contributed by atoms with van der Waals surface area (Å²) in [4.78, 5) is 16.6. The third-order valence-electron chi connectivity index (χ3n) is 5.75. The van der Waals surface area contributed by atoms with Gasteiger partial charge in [-0.2, -0.15) is 0 Å². The SMILES string of the molecule is COc1cccc(C(=O)CN2C=CN(C(Cl)C(OCc3ccc(Cl)cc3Cl)c3ccc(Cl)cc3)C2)c1. The van der Waals surface area contributed by atoms with Gasteiger partial charge in [0, 0.05) is 33.0 Å². The maximum Gasteiger partial charge on any atom is 0.182 e. The van der Waals surface area contributed by atoms with Gasteiger partial charge in [0.05, 0.1) is 26.9 Å². The molecule has 0 bridgehead atoms. The molecule has 188 valence electrons. The van der Waals surface area contributed by atoms with E-state index in [1.54, 1.807) is 55.6 Å². The molecule has 0 spiro atoms. The summed E-state index contributed by atoms with van der Waals surface area (Å²) in [5.41, 5.74) is 1.69. The number of carbonyl (C=O) groups is 1. The van der Waals surface area contributed by atoms with E-state index in [1.807, 2.05) is 40.4 Å². The fraction of sp³-hybridized carbons (Fsp3) is 0.222. The number of carbonyl (C=O) groups excluding carboxylic acids is 1. The average Bonchev–Trinajstić information content (AvgIpc) is 3.34. The van der Waals surface area contributed by atoms with Crippen LogP contribution in [0.1, 0.15) is 27.6 Å². The number of ether oxygens (including phenoxy) is 2. The van der Waals surface area contributed by atoms with E-state index in [4.69, 9.17) is 55.9 Å². The first-order valence-electron chi connectivity index (χ1n) is 11.1. The van der Waals surface area contributed by atoms with Crippen molar-refractivity contribution in [3.8, 4) is 5.75 Å². The van der Waals surface area contributed by atoms with E-state index in [1.165, 1.54) is 0 Å². The molecular weight excluding hydrogens is 542 g/mol. The molecule has 9 heteroatoms. The molecule has 5 nitrogen and oxygen atoms in total. The minimum atomic E-state index is -0.564. The van der Waals surface area contributed by atoms with Gasteiger partial charge in [0.1, 0.15) is 17.4 Å². The molecule has 0 saturated heterocycles. The highest BCUT2D eigenvalue weighted by molar-refractivity contribution is 6.35. The van der Waals surface area contributed by atoms with Crippen molar-refractivity contribution in [3.05, 3.63) is 111 Å². The summed E-state index contributed by atoms with van der Waals surface area (Å²) >= 11 is 25.4. The molecule has 0 fully saturated rings. The summed E-state index contributed by atoms with van der Waals surface area (Å²) in [6, 6.07) is 19.7. The van der Waals surface area contributed by atoms with Gasteiger partial charge in [-0.1, -0.05) is 76.7 Å². The molecule has 4 rings (SSSR count). The van der Waals surface area contributed by atoms with Crippen molar-refractivity contribution >= 4 is 52.2 Å². The summed E-state index contributed by atoms with van der Waals surface area (Å²) in [6.45, 7) is 0.873. The largest absolute Gasteiger partial charge is 0.497 e. The lowest BCUT2D eigenvalue weighted by molar-refractivity contribution is 0.00699. The highest BCUT2D eigenvalue weighted by atomic mass is 35.5. The third kappa shape index (κ3) is 6.67. The second-order valence-corrected chi connectivity index (χ2v) is 9.97. The Bertz CT molecular complexity index is 1240. The predicted octanol–water partition coefficient (Wildman–Crippen LogP) is 7.41. The number of halogens is 4. The Labute approximate surface area is 230 Å². The van der Waals surface area contributed by atoms with Crippen molar-refractivity contribution in [3.63, 3.8) is 0 Å². The van der Waals surface area contributed by atoms with E-state index in [-0.39, 0.29) is 18.9 Å². The summed E-state index contributed by atoms with van der Waals surface area (Å²) in [5, 5.41) is 1.69. The van der Waals surface area contributed by atoms with E-state index < -0.39 is 11.6 Å². The standard InChI is InChI=1S/C27H24Cl4N2O3/c1-35-23-4-2-3-19(13-23)25(34)15-32-11-12-33(17-32)27(31)26(18-5-8-21(28)9-6-18)36-16-20-7-10-22(29)14-24(20)30/h2-14,26-27H,15-17H2,1H3. The van der Waals surface area contributed by atoms with Gasteiger partial charge in [0.25, 0.3) is 0 Å². The molecule has 1 aliphatic rings. The van der Waals surface area contributed by atoms with Crippen LogP contribution >= 0.6 is 46.4 Å². The normalized spacial score (nSPS) is 14.7. The molecule has 3 aromatic rings. The van der Waals surface area contributed by atoms with Gasteiger partial charge in [0.15, 0.2) is 5.78 Å². The van der Waals surface area contributed by atoms with Crippen molar-refractivity contribution in [1.82, 2.24) is 9.80 Å². The topological polar surface area (TPSA) is 42.0 Å². The molecule has 0 aromatic heterocycles. The molecule has 1 aliphatic heterocycles. The quantitative estimate of drug-likeness (QED) is 0.145. The van der Waals surface area contributed by atoms with Crippen LogP contribution in [-0.4, -0.2) is 41.4 Å². The lowest BCUT2D eigenvalue weighted by atomic mass is 10.1. The van der Waals surface area contributed by atoms with E-state index in [0.29, 0.717) is 33.0 Å². The summed E-state index contributed by atoms with van der Waals surface area (Å²) in [7, 11) is 1.57. The Balaban J connectivity index is 1.45. The molecule has 3 aromatic carbocycles. The zero-order chi connectivity index (χ0) is 25.7. The minimum Gasteiger partial charge on any atom is -0.497 e. The first kappa shape index (κ1) is 26.6. The Kier molecular flexibility index (Phi) is 9.04. The zero-order valence-electron chi connectivity index (χ0n) is 19.4. The average molecular weight is 566 g/mol. The van der Waals surface area contributed by atoms with Gasteiger partial charge < -0.3 is 19.3 Å². The van der Waals surface area contributed by atoms with Crippen LogP contribution < -0.4 is 4.74 Å². The predicted molar refractivity (Wildman–Crippen MR) is 145 cm³/mol. The second-order valence-electron chi connectivity index (χ2n) is 8.25. The van der Waals surface area contributed by atoms with Crippen LogP contribution in [0.2, 0.25) is 15.1 Å². The fourth-order valence-corrected chi connectivity index (χ4v) is 4.73. The number of hydrogen-bond acceptors (Lipinski definition) is 5. The number of benzene rings is 3. The Morgan fingerprint density at radius 3 is 2.44 bits per heavy atom. The molecule has 1 heterocycles. The van der Waals surface area contributed by atoms with Gasteiger partial charge in [-0.3, -0.25) is 4.79 Å². The van der Waals surface area contributed by atoms with Crippen LogP contribution in [0, 0.1) is 0 Å². The van der Waals surface area contributed by atoms with Gasteiger partial charge in [-0.25, -0.2) is 0 Å². The summed E-state index contributed by atoms with van der Waals surface area (Å²) in [5.74, 6) is 0.624. The van der Waals surface area contributed by atoms with Crippen LogP contribution in [0.15, 0.2) is 79.1 Å². The smallest absolute Gasteiger partial charge is 0.182 e. The first-order chi connectivity index (χ1) is 17.3. The Hall–Kier alpha value is -2.41. The molecule has 0 amide bonds. The lowest BCUT2D eigenvalue weighted by Gasteiger charge is -2.31. The number of ketones is 1. The molecule has 0 N–H and O–H groups in total. The zero-order valence-corrected chi connectivity index (χ0v) is 22.4. The number of alkyl halides is 1. The van der Waals surface area contributed by atoms with Gasteiger partial charge in [-0.15, -0.1) is 0 Å². The number of Topliss-reactive ketones (excluding diaryl/α,β-unsaturated/α-hetero) is 1. The number of rotatable bonds is 10. The van der Waals surface area contributed by atoms with Crippen LogP contribution in [0.25, 0.3) is 0 Å². The highest BCUT2D eigenvalue weighted by Gasteiger charge is 2.30. The maximum atomic E-state index is 12.8. The third-order valence-corrected chi connectivity index (χ3v) is 7.07. The van der Waals surface area contributed by atoms with Crippen LogP contribution in [-0.2, 0) is 11.3 Å². The Morgan fingerprint density at radius 1 is 0.972 bits per heavy atom. The first-order valence-corrected chi connectivity index (χ1v) is 12.7. The summed E-state index contributed by atoms with van der Waals surface area (Å²) in [6.07, 6.45) is 3.20. The van der Waals surface area contributed by atoms with E-state index >= 15 is 0 Å². The van der Waals surface area contributed by atoms with Gasteiger partial charge >= 0.3 is 0 Å². The maximum absolute atomic E-state index is 12.8. The van der Waals surface area contributed by atoms with Crippen molar-refractivity contribution in [2.45, 2.75) is 18.2 Å². The number of methoxy groups -OCH3 is 1. The number of nitrogens with zero attached hydrogens (tertiary/aromatic N) is 2. The monoisotopic (exact) mass is 564 g/mol. The van der Waals surface area contributed by atoms with Crippen LogP contribution in [0.5, 0.6) is 5.75 Å².